The molecule has 0 aromatic heterocycles. The Morgan fingerprint density at radius 3 is 2.29 bits per heavy atom. The van der Waals surface area contributed by atoms with Crippen molar-refractivity contribution in [2.75, 3.05) is 6.54 Å². The Labute approximate surface area is 87.4 Å². The smallest absolute Gasteiger partial charge is 0.237 e. The lowest BCUT2D eigenvalue weighted by Crippen LogP contribution is -2.44. The van der Waals surface area contributed by atoms with Gasteiger partial charge in [0.05, 0.1) is 6.04 Å². The first-order valence-corrected chi connectivity index (χ1v) is 5.48. The van der Waals surface area contributed by atoms with Gasteiger partial charge >= 0.3 is 0 Å². The SMILES string of the molecule is CC(C)CCCNC(=O)C(N)C(C)C. The van der Waals surface area contributed by atoms with Crippen LogP contribution in [0.2, 0.25) is 0 Å². The van der Waals surface area contributed by atoms with Gasteiger partial charge in [0.25, 0.3) is 0 Å². The van der Waals surface area contributed by atoms with Gasteiger partial charge in [-0.25, -0.2) is 0 Å². The molecule has 0 aliphatic heterocycles. The van der Waals surface area contributed by atoms with E-state index < -0.39 is 0 Å². The maximum Gasteiger partial charge on any atom is 0.237 e. The summed E-state index contributed by atoms with van der Waals surface area (Å²) in [4.78, 5) is 11.4. The Balaban J connectivity index is 3.54. The molecule has 0 heterocycles. The highest BCUT2D eigenvalue weighted by Crippen LogP contribution is 2.02. The van der Waals surface area contributed by atoms with Gasteiger partial charge in [-0.3, -0.25) is 4.79 Å². The zero-order valence-corrected chi connectivity index (χ0v) is 9.84. The van der Waals surface area contributed by atoms with Gasteiger partial charge < -0.3 is 11.1 Å². The molecule has 0 saturated heterocycles. The van der Waals surface area contributed by atoms with Crippen LogP contribution in [0.5, 0.6) is 0 Å². The van der Waals surface area contributed by atoms with Gasteiger partial charge in [0, 0.05) is 6.54 Å². The highest BCUT2D eigenvalue weighted by atomic mass is 16.2. The zero-order valence-electron chi connectivity index (χ0n) is 9.84. The van der Waals surface area contributed by atoms with E-state index in [9.17, 15) is 4.79 Å². The summed E-state index contributed by atoms with van der Waals surface area (Å²) in [5.41, 5.74) is 5.69. The molecule has 0 aromatic carbocycles. The summed E-state index contributed by atoms with van der Waals surface area (Å²) in [6.45, 7) is 9.03. The average Bonchev–Trinajstić information content (AvgIpc) is 2.10. The van der Waals surface area contributed by atoms with Crippen LogP contribution in [-0.2, 0) is 4.79 Å². The normalized spacial score (nSPS) is 13.4. The number of carbonyl (C=O) groups excluding carboxylic acids is 1. The molecule has 3 N–H and O–H groups in total. The minimum absolute atomic E-state index is 0.0243. The second-order valence-corrected chi connectivity index (χ2v) is 4.60. The van der Waals surface area contributed by atoms with Gasteiger partial charge in [0.15, 0.2) is 0 Å². The lowest BCUT2D eigenvalue weighted by atomic mass is 10.0. The van der Waals surface area contributed by atoms with Gasteiger partial charge in [-0.2, -0.15) is 0 Å². The van der Waals surface area contributed by atoms with Crippen LogP contribution >= 0.6 is 0 Å². The van der Waals surface area contributed by atoms with E-state index >= 15 is 0 Å². The standard InChI is InChI=1S/C11H24N2O/c1-8(2)6-5-7-13-11(14)10(12)9(3)4/h8-10H,5-7,12H2,1-4H3,(H,13,14). The summed E-state index contributed by atoms with van der Waals surface area (Å²) >= 11 is 0. The first kappa shape index (κ1) is 13.4. The molecule has 0 aromatic rings. The minimum Gasteiger partial charge on any atom is -0.355 e. The van der Waals surface area contributed by atoms with Crippen LogP contribution in [0.4, 0.5) is 0 Å². The van der Waals surface area contributed by atoms with Crippen molar-refractivity contribution in [1.82, 2.24) is 5.32 Å². The number of nitrogens with two attached hydrogens (primary N) is 1. The van der Waals surface area contributed by atoms with Crippen molar-refractivity contribution in [3.05, 3.63) is 0 Å². The molecule has 84 valence electrons. The van der Waals surface area contributed by atoms with E-state index in [1.807, 2.05) is 13.8 Å². The highest BCUT2D eigenvalue weighted by molar-refractivity contribution is 5.81. The molecule has 0 saturated carbocycles. The largest absolute Gasteiger partial charge is 0.355 e. The van der Waals surface area contributed by atoms with E-state index in [0.29, 0.717) is 5.92 Å². The van der Waals surface area contributed by atoms with Gasteiger partial charge in [-0.1, -0.05) is 27.7 Å². The Morgan fingerprint density at radius 1 is 1.29 bits per heavy atom. The van der Waals surface area contributed by atoms with E-state index in [1.54, 1.807) is 0 Å². The average molecular weight is 200 g/mol. The predicted molar refractivity (Wildman–Crippen MR) is 59.9 cm³/mol. The van der Waals surface area contributed by atoms with Crippen LogP contribution in [0.3, 0.4) is 0 Å². The van der Waals surface area contributed by atoms with Crippen LogP contribution in [0.15, 0.2) is 0 Å². The van der Waals surface area contributed by atoms with E-state index in [4.69, 9.17) is 5.73 Å². The first-order valence-electron chi connectivity index (χ1n) is 5.48. The quantitative estimate of drug-likeness (QED) is 0.639. The third-order valence-electron chi connectivity index (χ3n) is 2.28. The van der Waals surface area contributed by atoms with Crippen molar-refractivity contribution in [3.8, 4) is 0 Å². The third kappa shape index (κ3) is 5.97. The molecule has 1 unspecified atom stereocenters. The van der Waals surface area contributed by atoms with Crippen LogP contribution < -0.4 is 11.1 Å². The summed E-state index contributed by atoms with van der Waals surface area (Å²) in [7, 11) is 0. The zero-order chi connectivity index (χ0) is 11.1. The van der Waals surface area contributed by atoms with E-state index in [0.717, 1.165) is 19.4 Å². The molecular weight excluding hydrogens is 176 g/mol. The molecule has 0 radical (unpaired) electrons. The first-order chi connectivity index (χ1) is 6.45. The van der Waals surface area contributed by atoms with Crippen molar-refractivity contribution < 1.29 is 4.79 Å². The topological polar surface area (TPSA) is 55.1 Å². The number of hydrogen-bond acceptors (Lipinski definition) is 2. The number of nitrogens with one attached hydrogen (secondary N) is 1. The molecule has 0 spiro atoms. The van der Waals surface area contributed by atoms with Gasteiger partial charge in [-0.05, 0) is 24.7 Å². The van der Waals surface area contributed by atoms with Crippen molar-refractivity contribution >= 4 is 5.91 Å². The third-order valence-corrected chi connectivity index (χ3v) is 2.28. The lowest BCUT2D eigenvalue weighted by Gasteiger charge is -2.15. The monoisotopic (exact) mass is 200 g/mol. The molecule has 0 fully saturated rings. The molecule has 0 bridgehead atoms. The van der Waals surface area contributed by atoms with Crippen LogP contribution in [0, 0.1) is 11.8 Å². The maximum absolute atomic E-state index is 11.4. The fourth-order valence-electron chi connectivity index (χ4n) is 1.14. The number of hydrogen-bond donors (Lipinski definition) is 2. The Morgan fingerprint density at radius 2 is 1.86 bits per heavy atom. The molecular formula is C11H24N2O. The van der Waals surface area contributed by atoms with E-state index in [2.05, 4.69) is 19.2 Å². The lowest BCUT2D eigenvalue weighted by molar-refractivity contribution is -0.123. The Bertz CT molecular complexity index is 167. The second-order valence-electron chi connectivity index (χ2n) is 4.60. The highest BCUT2D eigenvalue weighted by Gasteiger charge is 2.15. The van der Waals surface area contributed by atoms with Gasteiger partial charge in [0.1, 0.15) is 0 Å². The second kappa shape index (κ2) is 6.82. The molecule has 3 heteroatoms. The molecule has 1 amide bonds. The van der Waals surface area contributed by atoms with Crippen molar-refractivity contribution in [2.45, 2.75) is 46.6 Å². The predicted octanol–water partition coefficient (Wildman–Crippen LogP) is 1.52. The van der Waals surface area contributed by atoms with E-state index in [-0.39, 0.29) is 17.9 Å². The summed E-state index contributed by atoms with van der Waals surface area (Å²) in [6, 6.07) is -0.367. The summed E-state index contributed by atoms with van der Waals surface area (Å²) < 4.78 is 0. The summed E-state index contributed by atoms with van der Waals surface area (Å²) in [5.74, 6) is 0.884. The summed E-state index contributed by atoms with van der Waals surface area (Å²) in [5, 5.41) is 2.86. The van der Waals surface area contributed by atoms with Gasteiger partial charge in [-0.15, -0.1) is 0 Å². The molecule has 0 aliphatic carbocycles. The molecule has 14 heavy (non-hydrogen) atoms. The molecule has 0 rings (SSSR count). The minimum atomic E-state index is -0.367. The number of amides is 1. The molecule has 0 aliphatic rings. The molecule has 1 atom stereocenters. The van der Waals surface area contributed by atoms with Crippen LogP contribution in [0.1, 0.15) is 40.5 Å². The number of carbonyl (C=O) groups is 1. The van der Waals surface area contributed by atoms with Crippen molar-refractivity contribution in [1.29, 1.82) is 0 Å². The van der Waals surface area contributed by atoms with Crippen molar-refractivity contribution in [2.24, 2.45) is 17.6 Å². The molecule has 3 nitrogen and oxygen atoms in total. The van der Waals surface area contributed by atoms with Crippen LogP contribution in [-0.4, -0.2) is 18.5 Å². The fourth-order valence-corrected chi connectivity index (χ4v) is 1.14. The van der Waals surface area contributed by atoms with Crippen LogP contribution in [0.25, 0.3) is 0 Å². The Hall–Kier alpha value is -0.570. The van der Waals surface area contributed by atoms with Gasteiger partial charge in [0.2, 0.25) is 5.91 Å². The van der Waals surface area contributed by atoms with Crippen molar-refractivity contribution in [3.63, 3.8) is 0 Å². The summed E-state index contributed by atoms with van der Waals surface area (Å²) in [6.07, 6.45) is 2.19. The fraction of sp³-hybridized carbons (Fsp3) is 0.909. The number of rotatable bonds is 6. The van der Waals surface area contributed by atoms with E-state index in [1.165, 1.54) is 0 Å². The maximum atomic E-state index is 11.4. The Kier molecular flexibility index (Phi) is 6.54.